The van der Waals surface area contributed by atoms with Crippen molar-refractivity contribution in [2.24, 2.45) is 11.7 Å². The van der Waals surface area contributed by atoms with E-state index < -0.39 is 5.92 Å². The van der Waals surface area contributed by atoms with Gasteiger partial charge in [0.25, 0.3) is 5.91 Å². The van der Waals surface area contributed by atoms with Crippen molar-refractivity contribution in [3.63, 3.8) is 0 Å². The molecule has 1 aliphatic carbocycles. The van der Waals surface area contributed by atoms with Gasteiger partial charge >= 0.3 is 0 Å². The van der Waals surface area contributed by atoms with Gasteiger partial charge < -0.3 is 20.7 Å². The lowest BCUT2D eigenvalue weighted by molar-refractivity contribution is -0.126. The highest BCUT2D eigenvalue weighted by atomic mass is 16.5. The molecule has 0 fully saturated rings. The third kappa shape index (κ3) is 5.12. The fraction of sp³-hybridized carbons (Fsp3) is 0.292. The lowest BCUT2D eigenvalue weighted by atomic mass is 9.98. The van der Waals surface area contributed by atoms with Gasteiger partial charge in [0, 0.05) is 29.9 Å². The molecule has 1 atom stereocenters. The number of rotatable bonds is 8. The lowest BCUT2D eigenvalue weighted by Crippen LogP contribution is -2.38. The van der Waals surface area contributed by atoms with Crippen LogP contribution in [0.2, 0.25) is 0 Å². The molecule has 1 aliphatic rings. The highest BCUT2D eigenvalue weighted by Gasteiger charge is 2.33. The number of methoxy groups -OCH3 is 1. The van der Waals surface area contributed by atoms with Crippen molar-refractivity contribution < 1.29 is 14.3 Å². The lowest BCUT2D eigenvalue weighted by Gasteiger charge is -2.24. The number of allylic oxidation sites excluding steroid dienone is 1. The number of ether oxygens (including phenoxy) is 1. The Balaban J connectivity index is 1.66. The summed E-state index contributed by atoms with van der Waals surface area (Å²) in [6, 6.07) is 14.5. The maximum atomic E-state index is 13.2. The summed E-state index contributed by atoms with van der Waals surface area (Å²) < 4.78 is 5.19. The Morgan fingerprint density at radius 2 is 1.84 bits per heavy atom. The number of amides is 2. The van der Waals surface area contributed by atoms with Crippen molar-refractivity contribution in [1.82, 2.24) is 5.32 Å². The number of hydrogen-bond acceptors (Lipinski definition) is 4. The summed E-state index contributed by atoms with van der Waals surface area (Å²) in [6.07, 6.45) is 3.20. The van der Waals surface area contributed by atoms with Crippen LogP contribution < -0.4 is 20.7 Å². The minimum Gasteiger partial charge on any atom is -0.497 e. The topological polar surface area (TPSA) is 109 Å². The van der Waals surface area contributed by atoms with Gasteiger partial charge in [0.15, 0.2) is 0 Å². The van der Waals surface area contributed by atoms with Gasteiger partial charge in [-0.25, -0.2) is 0 Å². The van der Waals surface area contributed by atoms with E-state index in [1.54, 1.807) is 24.1 Å². The van der Waals surface area contributed by atoms with E-state index >= 15 is 0 Å². The van der Waals surface area contributed by atoms with Gasteiger partial charge in [0.2, 0.25) is 5.91 Å². The van der Waals surface area contributed by atoms with Crippen LogP contribution in [0.15, 0.2) is 60.2 Å². The zero-order chi connectivity index (χ0) is 22.4. The van der Waals surface area contributed by atoms with Gasteiger partial charge in [0.1, 0.15) is 11.6 Å². The molecule has 7 nitrogen and oxygen atoms in total. The Labute approximate surface area is 182 Å². The van der Waals surface area contributed by atoms with Crippen LogP contribution in [0.4, 0.5) is 5.69 Å². The first kappa shape index (κ1) is 22.1. The summed E-state index contributed by atoms with van der Waals surface area (Å²) in [5.41, 5.74) is 8.33. The van der Waals surface area contributed by atoms with Crippen LogP contribution >= 0.6 is 0 Å². The second kappa shape index (κ2) is 9.93. The number of hydrogen-bond donors (Lipinski definition) is 3. The minimum absolute atomic E-state index is 0.00664. The second-order valence-corrected chi connectivity index (χ2v) is 7.37. The largest absolute Gasteiger partial charge is 0.497 e. The van der Waals surface area contributed by atoms with Crippen molar-refractivity contribution in [2.75, 3.05) is 18.6 Å². The summed E-state index contributed by atoms with van der Waals surface area (Å²) in [6.45, 7) is 2.77. The fourth-order valence-corrected chi connectivity index (χ4v) is 3.69. The molecular formula is C24H28N4O3. The van der Waals surface area contributed by atoms with Crippen LogP contribution in [-0.2, 0) is 16.1 Å². The number of carbonyl (C=O) groups is 2. The zero-order valence-electron chi connectivity index (χ0n) is 17.9. The predicted molar refractivity (Wildman–Crippen MR) is 121 cm³/mol. The van der Waals surface area contributed by atoms with Crippen LogP contribution in [0.1, 0.15) is 30.9 Å². The molecule has 0 bridgehead atoms. The number of nitrogens with zero attached hydrogens (tertiary/aromatic N) is 1. The minimum atomic E-state index is -0.462. The molecule has 0 saturated heterocycles. The Kier molecular flexibility index (Phi) is 7.07. The molecule has 2 amide bonds. The quantitative estimate of drug-likeness (QED) is 0.451. The SMILES string of the molecule is CCN(C(=O)C1=CCCC1C(=O)NCc1ccc(C(=N)N)cc1)c1ccc(OC)cc1. The number of likely N-dealkylation sites (N-methyl/N-ethyl adjacent to an activating group) is 1. The molecule has 2 aromatic rings. The molecule has 4 N–H and O–H groups in total. The van der Waals surface area contributed by atoms with E-state index in [0.29, 0.717) is 37.1 Å². The van der Waals surface area contributed by atoms with Crippen LogP contribution in [0.5, 0.6) is 5.75 Å². The Morgan fingerprint density at radius 3 is 2.42 bits per heavy atom. The predicted octanol–water partition coefficient (Wildman–Crippen LogP) is 2.98. The summed E-state index contributed by atoms with van der Waals surface area (Å²) in [5, 5.41) is 10.4. The average molecular weight is 421 g/mol. The molecule has 31 heavy (non-hydrogen) atoms. The van der Waals surface area contributed by atoms with E-state index in [2.05, 4.69) is 5.32 Å². The van der Waals surface area contributed by atoms with E-state index in [4.69, 9.17) is 15.9 Å². The second-order valence-electron chi connectivity index (χ2n) is 7.37. The Hall–Kier alpha value is -3.61. The highest BCUT2D eigenvalue weighted by Crippen LogP contribution is 2.30. The summed E-state index contributed by atoms with van der Waals surface area (Å²) in [5.74, 6) is -0.0287. The normalized spacial score (nSPS) is 15.2. The van der Waals surface area contributed by atoms with Crippen LogP contribution in [-0.4, -0.2) is 31.3 Å². The molecule has 162 valence electrons. The van der Waals surface area contributed by atoms with E-state index in [1.807, 2.05) is 49.4 Å². The molecule has 7 heteroatoms. The first-order valence-electron chi connectivity index (χ1n) is 10.3. The van der Waals surface area contributed by atoms with Gasteiger partial charge in [-0.15, -0.1) is 0 Å². The number of nitrogens with one attached hydrogen (secondary N) is 2. The molecular weight excluding hydrogens is 392 g/mol. The number of amidine groups is 1. The van der Waals surface area contributed by atoms with Crippen molar-refractivity contribution >= 4 is 23.3 Å². The van der Waals surface area contributed by atoms with Crippen molar-refractivity contribution in [2.45, 2.75) is 26.3 Å². The van der Waals surface area contributed by atoms with Gasteiger partial charge in [-0.3, -0.25) is 15.0 Å². The number of benzene rings is 2. The molecule has 0 aromatic heterocycles. The van der Waals surface area contributed by atoms with Crippen molar-refractivity contribution in [1.29, 1.82) is 5.41 Å². The molecule has 0 aliphatic heterocycles. The van der Waals surface area contributed by atoms with E-state index in [9.17, 15) is 9.59 Å². The van der Waals surface area contributed by atoms with Gasteiger partial charge in [-0.1, -0.05) is 30.3 Å². The monoisotopic (exact) mass is 420 g/mol. The number of nitrogen functional groups attached to an aromatic ring is 1. The van der Waals surface area contributed by atoms with E-state index in [1.165, 1.54) is 0 Å². The smallest absolute Gasteiger partial charge is 0.254 e. The van der Waals surface area contributed by atoms with Gasteiger partial charge in [0.05, 0.1) is 13.0 Å². The number of carbonyl (C=O) groups excluding carboxylic acids is 2. The van der Waals surface area contributed by atoms with Crippen LogP contribution in [0.25, 0.3) is 0 Å². The molecule has 2 aromatic carbocycles. The maximum absolute atomic E-state index is 13.2. The Morgan fingerprint density at radius 1 is 1.16 bits per heavy atom. The first-order valence-corrected chi connectivity index (χ1v) is 10.3. The first-order chi connectivity index (χ1) is 14.9. The molecule has 3 rings (SSSR count). The number of nitrogens with two attached hydrogens (primary N) is 1. The third-order valence-electron chi connectivity index (χ3n) is 5.44. The molecule has 1 unspecified atom stereocenters. The fourth-order valence-electron chi connectivity index (χ4n) is 3.69. The average Bonchev–Trinajstić information content (AvgIpc) is 3.28. The highest BCUT2D eigenvalue weighted by molar-refractivity contribution is 6.09. The summed E-state index contributed by atoms with van der Waals surface area (Å²) in [7, 11) is 1.60. The Bertz CT molecular complexity index is 981. The molecule has 0 radical (unpaired) electrons. The standard InChI is InChI=1S/C24H28N4O3/c1-3-28(18-11-13-19(31-2)14-12-18)24(30)21-6-4-5-20(21)23(29)27-15-16-7-9-17(10-8-16)22(25)26/h6-14,20H,3-5,15H2,1-2H3,(H3,25,26)(H,27,29). The summed E-state index contributed by atoms with van der Waals surface area (Å²) in [4.78, 5) is 27.8. The van der Waals surface area contributed by atoms with Crippen molar-refractivity contribution in [3.05, 3.63) is 71.3 Å². The third-order valence-corrected chi connectivity index (χ3v) is 5.44. The number of anilines is 1. The molecule has 0 heterocycles. The van der Waals surface area contributed by atoms with Crippen molar-refractivity contribution in [3.8, 4) is 5.75 Å². The summed E-state index contributed by atoms with van der Waals surface area (Å²) >= 11 is 0. The van der Waals surface area contributed by atoms with E-state index in [-0.39, 0.29) is 17.6 Å². The van der Waals surface area contributed by atoms with Crippen LogP contribution in [0.3, 0.4) is 0 Å². The van der Waals surface area contributed by atoms with Gasteiger partial charge in [-0.05, 0) is 49.6 Å². The maximum Gasteiger partial charge on any atom is 0.254 e. The molecule has 0 spiro atoms. The molecule has 0 saturated carbocycles. The zero-order valence-corrected chi connectivity index (χ0v) is 17.9. The van der Waals surface area contributed by atoms with Crippen LogP contribution in [0, 0.1) is 11.3 Å². The van der Waals surface area contributed by atoms with E-state index in [0.717, 1.165) is 17.0 Å². The van der Waals surface area contributed by atoms with Gasteiger partial charge in [-0.2, -0.15) is 0 Å².